The van der Waals surface area contributed by atoms with E-state index in [1.54, 1.807) is 4.90 Å². The number of piperazine rings is 1. The Labute approximate surface area is 235 Å². The Bertz CT molecular complexity index is 1470. The van der Waals surface area contributed by atoms with Crippen molar-refractivity contribution in [3.8, 4) is 11.4 Å². The lowest BCUT2D eigenvalue weighted by Crippen LogP contribution is -2.49. The van der Waals surface area contributed by atoms with Gasteiger partial charge in [-0.1, -0.05) is 6.92 Å². The number of hydrogen-bond acceptors (Lipinski definition) is 11. The van der Waals surface area contributed by atoms with Crippen molar-refractivity contribution >= 4 is 38.9 Å². The maximum absolute atomic E-state index is 13.9. The molecule has 2 saturated heterocycles. The molecule has 0 aliphatic carbocycles. The van der Waals surface area contributed by atoms with Gasteiger partial charge < -0.3 is 19.9 Å². The zero-order valence-electron chi connectivity index (χ0n) is 23.1. The fourth-order valence-corrected chi connectivity index (χ4v) is 5.55. The van der Waals surface area contributed by atoms with Crippen molar-refractivity contribution in [2.45, 2.75) is 39.0 Å². The van der Waals surface area contributed by atoms with Gasteiger partial charge in [-0.3, -0.25) is 4.57 Å². The summed E-state index contributed by atoms with van der Waals surface area (Å²) in [5, 5.41) is 3.18. The molecule has 1 N–H and O–H groups in total. The number of nitrogens with one attached hydrogen (secondary N) is 1. The van der Waals surface area contributed by atoms with Gasteiger partial charge >= 0.3 is 6.18 Å². The molecule has 0 spiro atoms. The van der Waals surface area contributed by atoms with Crippen LogP contribution in [-0.4, -0.2) is 113 Å². The first-order chi connectivity index (χ1) is 19.4. The first-order valence-electron chi connectivity index (χ1n) is 13.4. The van der Waals surface area contributed by atoms with Gasteiger partial charge in [0.1, 0.15) is 6.54 Å². The van der Waals surface area contributed by atoms with Crippen molar-refractivity contribution in [3.63, 3.8) is 0 Å². The quantitative estimate of drug-likeness (QED) is 0.408. The molecule has 2 aliphatic rings. The standard InChI is InChI=1S/C24H33F3N10O3S/c1-4-16(2)30-22-28-13-17(14-29-22)19-32-20(34-9-11-40-12-10-34)18-21(33-19)37(15-24(25,26)27)23(31-18)35-5-7-36(8-6-35)41(3,38)39/h13-14,16H,4-12,15H2,1-3H3,(H,28,29,30)/t16-/m0/s1. The van der Waals surface area contributed by atoms with Gasteiger partial charge in [-0.25, -0.2) is 33.3 Å². The number of imidazole rings is 1. The van der Waals surface area contributed by atoms with E-state index in [9.17, 15) is 21.6 Å². The molecule has 5 heterocycles. The molecular formula is C24H33F3N10O3S. The maximum atomic E-state index is 13.9. The molecule has 0 unspecified atom stereocenters. The Hall–Kier alpha value is -3.31. The van der Waals surface area contributed by atoms with E-state index < -0.39 is 22.7 Å². The zero-order valence-corrected chi connectivity index (χ0v) is 23.9. The van der Waals surface area contributed by atoms with Crippen LogP contribution in [0.25, 0.3) is 22.6 Å². The summed E-state index contributed by atoms with van der Waals surface area (Å²) in [4.78, 5) is 26.2. The Morgan fingerprint density at radius 1 is 1.00 bits per heavy atom. The number of anilines is 3. The highest BCUT2D eigenvalue weighted by atomic mass is 32.2. The van der Waals surface area contributed by atoms with Crippen molar-refractivity contribution in [1.82, 2.24) is 33.8 Å². The lowest BCUT2D eigenvalue weighted by molar-refractivity contribution is -0.139. The second kappa shape index (κ2) is 11.5. The molecule has 17 heteroatoms. The van der Waals surface area contributed by atoms with Crippen molar-refractivity contribution in [1.29, 1.82) is 0 Å². The summed E-state index contributed by atoms with van der Waals surface area (Å²) in [6, 6.07) is 0.163. The number of nitrogens with zero attached hydrogens (tertiary/aromatic N) is 9. The number of morpholine rings is 1. The molecule has 0 aromatic carbocycles. The minimum absolute atomic E-state index is 0.0242. The molecular weight excluding hydrogens is 565 g/mol. The highest BCUT2D eigenvalue weighted by Gasteiger charge is 2.35. The van der Waals surface area contributed by atoms with Crippen LogP contribution in [0.1, 0.15) is 20.3 Å². The minimum atomic E-state index is -4.56. The van der Waals surface area contributed by atoms with E-state index in [1.807, 2.05) is 18.7 Å². The van der Waals surface area contributed by atoms with Crippen molar-refractivity contribution < 1.29 is 26.3 Å². The number of ether oxygens (including phenoxy) is 1. The van der Waals surface area contributed by atoms with Gasteiger partial charge in [-0.2, -0.15) is 17.5 Å². The van der Waals surface area contributed by atoms with Crippen LogP contribution in [-0.2, 0) is 21.3 Å². The van der Waals surface area contributed by atoms with E-state index >= 15 is 0 Å². The molecule has 3 aromatic heterocycles. The van der Waals surface area contributed by atoms with E-state index in [-0.39, 0.29) is 55.2 Å². The summed E-state index contributed by atoms with van der Waals surface area (Å²) in [7, 11) is -3.42. The third-order valence-corrected chi connectivity index (χ3v) is 8.40. The Balaban J connectivity index is 1.61. The summed E-state index contributed by atoms with van der Waals surface area (Å²) >= 11 is 0. The number of hydrogen-bond donors (Lipinski definition) is 1. The number of aromatic nitrogens is 6. The minimum Gasteiger partial charge on any atom is -0.378 e. The van der Waals surface area contributed by atoms with Crippen molar-refractivity contribution in [2.75, 3.05) is 73.9 Å². The monoisotopic (exact) mass is 598 g/mol. The summed E-state index contributed by atoms with van der Waals surface area (Å²) in [6.07, 6.45) is 0.510. The second-order valence-corrected chi connectivity index (χ2v) is 12.1. The molecule has 224 valence electrons. The van der Waals surface area contributed by atoms with Gasteiger partial charge in [0.25, 0.3) is 0 Å². The van der Waals surface area contributed by atoms with Crippen LogP contribution >= 0.6 is 0 Å². The fourth-order valence-electron chi connectivity index (χ4n) is 4.73. The Kier molecular flexibility index (Phi) is 8.20. The van der Waals surface area contributed by atoms with Crippen LogP contribution < -0.4 is 15.1 Å². The molecule has 2 aliphatic heterocycles. The highest BCUT2D eigenvalue weighted by Crippen LogP contribution is 2.34. The molecule has 0 saturated carbocycles. The van der Waals surface area contributed by atoms with Crippen LogP contribution in [0.5, 0.6) is 0 Å². The van der Waals surface area contributed by atoms with Gasteiger partial charge in [-0.15, -0.1) is 0 Å². The maximum Gasteiger partial charge on any atom is 0.406 e. The fraction of sp³-hybridized carbons (Fsp3) is 0.625. The van der Waals surface area contributed by atoms with Crippen LogP contribution in [0.2, 0.25) is 0 Å². The van der Waals surface area contributed by atoms with Gasteiger partial charge in [0.15, 0.2) is 22.8 Å². The molecule has 2 fully saturated rings. The van der Waals surface area contributed by atoms with E-state index in [0.29, 0.717) is 43.6 Å². The van der Waals surface area contributed by atoms with Crippen LogP contribution in [0.15, 0.2) is 12.4 Å². The molecule has 41 heavy (non-hydrogen) atoms. The molecule has 13 nitrogen and oxygen atoms in total. The van der Waals surface area contributed by atoms with E-state index in [1.165, 1.54) is 16.7 Å². The van der Waals surface area contributed by atoms with E-state index in [4.69, 9.17) is 9.72 Å². The number of rotatable bonds is 8. The average molecular weight is 599 g/mol. The lowest BCUT2D eigenvalue weighted by Gasteiger charge is -2.34. The van der Waals surface area contributed by atoms with Gasteiger partial charge in [0, 0.05) is 57.7 Å². The third-order valence-electron chi connectivity index (χ3n) is 7.09. The number of fused-ring (bicyclic) bond motifs is 1. The molecule has 3 aromatic rings. The zero-order chi connectivity index (χ0) is 29.4. The van der Waals surface area contributed by atoms with Crippen molar-refractivity contribution in [2.24, 2.45) is 0 Å². The molecule has 0 bridgehead atoms. The topological polar surface area (TPSA) is 134 Å². The SMILES string of the molecule is CC[C@H](C)Nc1ncc(-c2nc(N3CCOCC3)c3nc(N4CCN(S(C)(=O)=O)CC4)n(CC(F)(F)F)c3n2)cn1. The molecule has 0 amide bonds. The lowest BCUT2D eigenvalue weighted by atomic mass is 10.2. The van der Waals surface area contributed by atoms with E-state index in [2.05, 4.69) is 25.3 Å². The Morgan fingerprint density at radius 2 is 1.66 bits per heavy atom. The highest BCUT2D eigenvalue weighted by molar-refractivity contribution is 7.88. The van der Waals surface area contributed by atoms with Crippen LogP contribution in [0, 0.1) is 0 Å². The molecule has 1 atom stereocenters. The first-order valence-corrected chi connectivity index (χ1v) is 15.2. The summed E-state index contributed by atoms with van der Waals surface area (Å²) in [5.41, 5.74) is 0.701. The summed E-state index contributed by atoms with van der Waals surface area (Å²) < 4.78 is 73.6. The number of sulfonamides is 1. The first kappa shape index (κ1) is 29.2. The summed E-state index contributed by atoms with van der Waals surface area (Å²) in [5.74, 6) is 1.06. The largest absolute Gasteiger partial charge is 0.406 e. The smallest absolute Gasteiger partial charge is 0.378 e. The van der Waals surface area contributed by atoms with Crippen LogP contribution in [0.3, 0.4) is 0 Å². The average Bonchev–Trinajstić information content (AvgIpc) is 3.29. The predicted octanol–water partition coefficient (Wildman–Crippen LogP) is 1.97. The Morgan fingerprint density at radius 3 is 2.24 bits per heavy atom. The van der Waals surface area contributed by atoms with Gasteiger partial charge in [0.2, 0.25) is 21.9 Å². The predicted molar refractivity (Wildman–Crippen MR) is 147 cm³/mol. The normalized spacial score (nSPS) is 18.2. The number of alkyl halides is 3. The molecule has 5 rings (SSSR count). The number of halogens is 3. The van der Waals surface area contributed by atoms with E-state index in [0.717, 1.165) is 17.2 Å². The van der Waals surface area contributed by atoms with Crippen LogP contribution in [0.4, 0.5) is 30.9 Å². The summed E-state index contributed by atoms with van der Waals surface area (Å²) in [6.45, 7) is 5.18. The second-order valence-electron chi connectivity index (χ2n) is 10.2. The van der Waals surface area contributed by atoms with Gasteiger partial charge in [0.05, 0.1) is 25.0 Å². The molecule has 0 radical (unpaired) electrons. The van der Waals surface area contributed by atoms with Crippen molar-refractivity contribution in [3.05, 3.63) is 12.4 Å². The van der Waals surface area contributed by atoms with Gasteiger partial charge in [-0.05, 0) is 13.3 Å². The third kappa shape index (κ3) is 6.62.